The second-order valence-corrected chi connectivity index (χ2v) is 6.46. The normalized spacial score (nSPS) is 11.3. The van der Waals surface area contributed by atoms with Gasteiger partial charge in [-0.05, 0) is 36.8 Å². The summed E-state index contributed by atoms with van der Waals surface area (Å²) in [4.78, 5) is 11.3. The molecule has 3 nitrogen and oxygen atoms in total. The monoisotopic (exact) mass is 292 g/mol. The molecule has 0 bridgehead atoms. The molecule has 0 saturated heterocycles. The number of Topliss-reactive ketones (excluding diaryl/α,β-unsaturated/α-hetero) is 1. The lowest BCUT2D eigenvalue weighted by molar-refractivity contribution is 0.101. The Morgan fingerprint density at radius 2 is 1.75 bits per heavy atom. The molecular formula is C15H13FO3S. The van der Waals surface area contributed by atoms with Gasteiger partial charge in [0.05, 0.1) is 10.6 Å². The summed E-state index contributed by atoms with van der Waals surface area (Å²) >= 11 is 0. The van der Waals surface area contributed by atoms with Gasteiger partial charge in [-0.2, -0.15) is 0 Å². The lowest BCUT2D eigenvalue weighted by atomic mass is 10.2. The van der Waals surface area contributed by atoms with E-state index in [9.17, 15) is 17.6 Å². The second kappa shape index (κ2) is 5.54. The minimum absolute atomic E-state index is 0.117. The Labute approximate surface area is 117 Å². The highest BCUT2D eigenvalue weighted by Crippen LogP contribution is 2.18. The Hall–Kier alpha value is -2.01. The first kappa shape index (κ1) is 14.4. The van der Waals surface area contributed by atoms with Crippen molar-refractivity contribution in [2.45, 2.75) is 17.6 Å². The van der Waals surface area contributed by atoms with E-state index in [-0.39, 0.29) is 16.4 Å². The largest absolute Gasteiger partial charge is 0.295 e. The van der Waals surface area contributed by atoms with E-state index in [1.807, 2.05) is 0 Å². The summed E-state index contributed by atoms with van der Waals surface area (Å²) < 4.78 is 37.4. The zero-order valence-corrected chi connectivity index (χ0v) is 11.7. The number of halogens is 1. The Morgan fingerprint density at radius 3 is 2.30 bits per heavy atom. The lowest BCUT2D eigenvalue weighted by Gasteiger charge is -2.05. The maximum atomic E-state index is 13.1. The topological polar surface area (TPSA) is 51.2 Å². The molecule has 0 saturated carbocycles. The van der Waals surface area contributed by atoms with Gasteiger partial charge < -0.3 is 0 Å². The smallest absolute Gasteiger partial charge is 0.182 e. The quantitative estimate of drug-likeness (QED) is 0.814. The van der Waals surface area contributed by atoms with E-state index in [0.29, 0.717) is 11.1 Å². The number of hydrogen-bond acceptors (Lipinski definition) is 3. The first-order valence-electron chi connectivity index (χ1n) is 5.97. The fraction of sp³-hybridized carbons (Fsp3) is 0.133. The van der Waals surface area contributed by atoms with Crippen molar-refractivity contribution in [1.82, 2.24) is 0 Å². The van der Waals surface area contributed by atoms with Crippen LogP contribution in [0.15, 0.2) is 53.4 Å². The van der Waals surface area contributed by atoms with Crippen molar-refractivity contribution in [1.29, 1.82) is 0 Å². The minimum Gasteiger partial charge on any atom is -0.295 e. The maximum absolute atomic E-state index is 13.1. The van der Waals surface area contributed by atoms with E-state index in [4.69, 9.17) is 0 Å². The van der Waals surface area contributed by atoms with Crippen molar-refractivity contribution in [3.63, 3.8) is 0 Å². The van der Waals surface area contributed by atoms with Crippen LogP contribution in [-0.2, 0) is 15.6 Å². The Morgan fingerprint density at radius 1 is 1.10 bits per heavy atom. The molecule has 0 unspecified atom stereocenters. The number of benzene rings is 2. The SMILES string of the molecule is CC(=O)c1ccc(S(=O)(=O)Cc2cccc(F)c2)cc1. The molecule has 0 amide bonds. The third kappa shape index (κ3) is 3.30. The summed E-state index contributed by atoms with van der Waals surface area (Å²) in [5.74, 6) is -0.867. The van der Waals surface area contributed by atoms with Crippen LogP contribution in [0.5, 0.6) is 0 Å². The van der Waals surface area contributed by atoms with Gasteiger partial charge in [0.15, 0.2) is 15.6 Å². The highest BCUT2D eigenvalue weighted by molar-refractivity contribution is 7.90. The zero-order chi connectivity index (χ0) is 14.8. The average Bonchev–Trinajstić information content (AvgIpc) is 2.38. The molecule has 0 N–H and O–H groups in total. The predicted octanol–water partition coefficient (Wildman–Crippen LogP) is 3.00. The zero-order valence-electron chi connectivity index (χ0n) is 10.8. The molecule has 0 radical (unpaired) electrons. The van der Waals surface area contributed by atoms with Gasteiger partial charge in [-0.25, -0.2) is 12.8 Å². The average molecular weight is 292 g/mol. The van der Waals surface area contributed by atoms with Gasteiger partial charge in [0.25, 0.3) is 0 Å². The number of carbonyl (C=O) groups excluding carboxylic acids is 1. The van der Waals surface area contributed by atoms with Crippen molar-refractivity contribution in [3.8, 4) is 0 Å². The summed E-state index contributed by atoms with van der Waals surface area (Å²) in [6.07, 6.45) is 0. The van der Waals surface area contributed by atoms with E-state index < -0.39 is 15.7 Å². The number of ketones is 1. The number of hydrogen-bond donors (Lipinski definition) is 0. The van der Waals surface area contributed by atoms with Crippen molar-refractivity contribution in [2.75, 3.05) is 0 Å². The van der Waals surface area contributed by atoms with Crippen LogP contribution >= 0.6 is 0 Å². The van der Waals surface area contributed by atoms with Gasteiger partial charge in [-0.15, -0.1) is 0 Å². The molecule has 104 valence electrons. The summed E-state index contributed by atoms with van der Waals surface area (Å²) in [5, 5.41) is 0. The second-order valence-electron chi connectivity index (χ2n) is 4.47. The highest BCUT2D eigenvalue weighted by Gasteiger charge is 2.16. The molecule has 0 aliphatic carbocycles. The van der Waals surface area contributed by atoms with E-state index in [0.717, 1.165) is 0 Å². The molecule has 0 spiro atoms. The molecule has 0 aromatic heterocycles. The molecule has 0 aliphatic heterocycles. The Balaban J connectivity index is 2.28. The van der Waals surface area contributed by atoms with Gasteiger partial charge in [0, 0.05) is 5.56 Å². The highest BCUT2D eigenvalue weighted by atomic mass is 32.2. The van der Waals surface area contributed by atoms with Gasteiger partial charge in [-0.3, -0.25) is 4.79 Å². The summed E-state index contributed by atoms with van der Waals surface area (Å²) in [6, 6.07) is 11.2. The molecule has 20 heavy (non-hydrogen) atoms. The van der Waals surface area contributed by atoms with Crippen LogP contribution in [0.1, 0.15) is 22.8 Å². The first-order valence-corrected chi connectivity index (χ1v) is 7.62. The van der Waals surface area contributed by atoms with E-state index >= 15 is 0 Å². The fourth-order valence-electron chi connectivity index (χ4n) is 1.83. The van der Waals surface area contributed by atoms with Crippen LogP contribution in [0.25, 0.3) is 0 Å². The van der Waals surface area contributed by atoms with Crippen molar-refractivity contribution < 1.29 is 17.6 Å². The first-order chi connectivity index (χ1) is 9.38. The van der Waals surface area contributed by atoms with Crippen LogP contribution in [0.3, 0.4) is 0 Å². The number of rotatable bonds is 4. The standard InChI is InChI=1S/C15H13FO3S/c1-11(17)13-5-7-15(8-6-13)20(18,19)10-12-3-2-4-14(16)9-12/h2-9H,10H2,1H3. The van der Waals surface area contributed by atoms with Crippen LogP contribution in [0.4, 0.5) is 4.39 Å². The Bertz CT molecular complexity index is 734. The van der Waals surface area contributed by atoms with Crippen LogP contribution in [0, 0.1) is 5.82 Å². The predicted molar refractivity (Wildman–Crippen MR) is 73.7 cm³/mol. The van der Waals surface area contributed by atoms with Gasteiger partial charge >= 0.3 is 0 Å². The van der Waals surface area contributed by atoms with Crippen molar-refractivity contribution in [2.24, 2.45) is 0 Å². The Kier molecular flexibility index (Phi) is 3.99. The molecule has 2 aromatic carbocycles. The van der Waals surface area contributed by atoms with Gasteiger partial charge in [0.2, 0.25) is 0 Å². The van der Waals surface area contributed by atoms with Crippen molar-refractivity contribution in [3.05, 3.63) is 65.5 Å². The van der Waals surface area contributed by atoms with Crippen LogP contribution < -0.4 is 0 Å². The molecule has 0 fully saturated rings. The van der Waals surface area contributed by atoms with E-state index in [1.165, 1.54) is 49.4 Å². The van der Waals surface area contributed by atoms with E-state index in [2.05, 4.69) is 0 Å². The van der Waals surface area contributed by atoms with Crippen LogP contribution in [-0.4, -0.2) is 14.2 Å². The summed E-state index contributed by atoms with van der Waals surface area (Å²) in [7, 11) is -3.55. The molecule has 0 aliphatic rings. The summed E-state index contributed by atoms with van der Waals surface area (Å²) in [6.45, 7) is 1.41. The number of carbonyl (C=O) groups is 1. The van der Waals surface area contributed by atoms with Crippen LogP contribution in [0.2, 0.25) is 0 Å². The molecule has 0 atom stereocenters. The van der Waals surface area contributed by atoms with Gasteiger partial charge in [0.1, 0.15) is 5.82 Å². The fourth-order valence-corrected chi connectivity index (χ4v) is 3.16. The molecule has 0 heterocycles. The van der Waals surface area contributed by atoms with E-state index in [1.54, 1.807) is 6.07 Å². The third-order valence-electron chi connectivity index (χ3n) is 2.87. The summed E-state index contributed by atoms with van der Waals surface area (Å²) in [5.41, 5.74) is 0.843. The molecule has 2 aromatic rings. The third-order valence-corrected chi connectivity index (χ3v) is 4.57. The molecular weight excluding hydrogens is 279 g/mol. The minimum atomic E-state index is -3.55. The maximum Gasteiger partial charge on any atom is 0.182 e. The van der Waals surface area contributed by atoms with Gasteiger partial charge in [-0.1, -0.05) is 24.3 Å². The van der Waals surface area contributed by atoms with Crippen molar-refractivity contribution >= 4 is 15.6 Å². The lowest BCUT2D eigenvalue weighted by Crippen LogP contribution is -2.05. The molecule has 2 rings (SSSR count). The number of sulfone groups is 1. The molecule has 5 heteroatoms.